The summed E-state index contributed by atoms with van der Waals surface area (Å²) in [6, 6.07) is 27.7. The zero-order valence-electron chi connectivity index (χ0n) is 24.6. The first-order chi connectivity index (χ1) is 21.1. The zero-order chi connectivity index (χ0) is 31.7. The maximum Gasteiger partial charge on any atom is 0.264 e. The van der Waals surface area contributed by atoms with Crippen molar-refractivity contribution in [1.29, 1.82) is 0 Å². The third-order valence-corrected chi connectivity index (χ3v) is 9.30. The lowest BCUT2D eigenvalue weighted by Crippen LogP contribution is -2.54. The lowest BCUT2D eigenvalue weighted by molar-refractivity contribution is -0.140. The number of nitrogens with zero attached hydrogens (tertiary/aromatic N) is 2. The van der Waals surface area contributed by atoms with Crippen molar-refractivity contribution >= 4 is 39.1 Å². The normalized spacial score (nSPS) is 12.6. The molecule has 4 aromatic rings. The average Bonchev–Trinajstić information content (AvgIpc) is 3.03. The summed E-state index contributed by atoms with van der Waals surface area (Å²) in [4.78, 5) is 29.6. The van der Waals surface area contributed by atoms with Crippen LogP contribution in [-0.4, -0.2) is 43.8 Å². The van der Waals surface area contributed by atoms with Crippen molar-refractivity contribution in [1.82, 2.24) is 10.2 Å². The van der Waals surface area contributed by atoms with Gasteiger partial charge in [-0.25, -0.2) is 12.8 Å². The van der Waals surface area contributed by atoms with E-state index in [-0.39, 0.29) is 35.5 Å². The molecular formula is C34H35ClFN3O4S. The number of nitrogens with one attached hydrogen (secondary N) is 1. The van der Waals surface area contributed by atoms with E-state index in [2.05, 4.69) is 5.32 Å². The number of hydrogen-bond donors (Lipinski definition) is 1. The Bertz CT molecular complexity index is 1640. The Morgan fingerprint density at radius 3 is 2.02 bits per heavy atom. The average molecular weight is 636 g/mol. The first-order valence-electron chi connectivity index (χ1n) is 14.3. The van der Waals surface area contributed by atoms with Crippen molar-refractivity contribution < 1.29 is 22.4 Å². The highest BCUT2D eigenvalue weighted by atomic mass is 35.5. The van der Waals surface area contributed by atoms with Crippen LogP contribution in [0.2, 0.25) is 5.02 Å². The molecule has 44 heavy (non-hydrogen) atoms. The van der Waals surface area contributed by atoms with Gasteiger partial charge in [-0.1, -0.05) is 79.2 Å². The van der Waals surface area contributed by atoms with Crippen LogP contribution in [-0.2, 0) is 32.6 Å². The number of anilines is 1. The number of carbonyl (C=O) groups excluding carboxylic acids is 2. The Balaban J connectivity index is 1.79. The molecule has 0 aliphatic rings. The van der Waals surface area contributed by atoms with Gasteiger partial charge in [0.1, 0.15) is 18.4 Å². The Morgan fingerprint density at radius 2 is 1.43 bits per heavy atom. The Hall–Kier alpha value is -4.21. The molecule has 0 unspecified atom stereocenters. The molecule has 0 spiro atoms. The first-order valence-corrected chi connectivity index (χ1v) is 16.1. The Labute approximate surface area is 263 Å². The van der Waals surface area contributed by atoms with Crippen molar-refractivity contribution in [2.45, 2.75) is 50.2 Å². The number of rotatable bonds is 13. The second kappa shape index (κ2) is 15.0. The molecule has 0 radical (unpaired) electrons. The number of carbonyl (C=O) groups is 2. The highest BCUT2D eigenvalue weighted by molar-refractivity contribution is 7.92. The van der Waals surface area contributed by atoms with Crippen LogP contribution >= 0.6 is 11.6 Å². The molecule has 0 saturated heterocycles. The monoisotopic (exact) mass is 635 g/mol. The maximum absolute atomic E-state index is 14.4. The lowest BCUT2D eigenvalue weighted by Gasteiger charge is -2.34. The van der Waals surface area contributed by atoms with Gasteiger partial charge in [0.2, 0.25) is 11.8 Å². The van der Waals surface area contributed by atoms with Crippen molar-refractivity contribution in [2.24, 2.45) is 0 Å². The molecule has 0 saturated carbocycles. The molecule has 2 atom stereocenters. The van der Waals surface area contributed by atoms with Crippen LogP contribution in [0.25, 0.3) is 0 Å². The van der Waals surface area contributed by atoms with E-state index in [0.717, 1.165) is 9.87 Å². The SMILES string of the molecule is CC[C@@H](C)NC(=O)[C@H](Cc1ccccc1)N(Cc1ccc(F)cc1)C(=O)CN(c1ccc(Cl)cc1)S(=O)(=O)c1ccccc1. The molecule has 4 aromatic carbocycles. The maximum atomic E-state index is 14.4. The van der Waals surface area contributed by atoms with Crippen LogP contribution in [0.4, 0.5) is 10.1 Å². The van der Waals surface area contributed by atoms with Gasteiger partial charge in [-0.15, -0.1) is 0 Å². The van der Waals surface area contributed by atoms with E-state index < -0.39 is 34.3 Å². The van der Waals surface area contributed by atoms with Crippen molar-refractivity contribution in [3.05, 3.63) is 131 Å². The molecule has 0 aliphatic carbocycles. The second-order valence-electron chi connectivity index (χ2n) is 10.5. The number of halogens is 2. The van der Waals surface area contributed by atoms with Crippen molar-refractivity contribution in [2.75, 3.05) is 10.8 Å². The van der Waals surface area contributed by atoms with E-state index >= 15 is 0 Å². The molecule has 0 aliphatic heterocycles. The van der Waals surface area contributed by atoms with Gasteiger partial charge in [0.05, 0.1) is 10.6 Å². The minimum atomic E-state index is -4.21. The van der Waals surface area contributed by atoms with Crippen molar-refractivity contribution in [3.63, 3.8) is 0 Å². The fraction of sp³-hybridized carbons (Fsp3) is 0.235. The molecule has 0 aromatic heterocycles. The molecule has 1 N–H and O–H groups in total. The zero-order valence-corrected chi connectivity index (χ0v) is 26.1. The minimum absolute atomic E-state index is 0.00295. The van der Waals surface area contributed by atoms with E-state index in [9.17, 15) is 22.4 Å². The Morgan fingerprint density at radius 1 is 0.841 bits per heavy atom. The van der Waals surface area contributed by atoms with Crippen LogP contribution in [0.15, 0.2) is 114 Å². The largest absolute Gasteiger partial charge is 0.352 e. The topological polar surface area (TPSA) is 86.8 Å². The molecule has 7 nitrogen and oxygen atoms in total. The summed E-state index contributed by atoms with van der Waals surface area (Å²) >= 11 is 6.10. The van der Waals surface area contributed by atoms with Gasteiger partial charge < -0.3 is 10.2 Å². The van der Waals surface area contributed by atoms with Crippen LogP contribution in [0, 0.1) is 5.82 Å². The highest BCUT2D eigenvalue weighted by Gasteiger charge is 2.35. The van der Waals surface area contributed by atoms with Gasteiger partial charge in [0.15, 0.2) is 0 Å². The molecule has 0 fully saturated rings. The second-order valence-corrected chi connectivity index (χ2v) is 12.8. The standard InChI is InChI=1S/C34H35ClFN3O4S/c1-3-25(2)37-34(41)32(22-26-10-6-4-7-11-26)38(23-27-14-18-29(36)19-15-27)33(40)24-39(30-20-16-28(35)17-21-30)44(42,43)31-12-8-5-9-13-31/h4-21,25,32H,3,22-24H2,1-2H3,(H,37,41)/t25-,32+/m1/s1. The molecule has 4 rings (SSSR count). The fourth-order valence-corrected chi connectivity index (χ4v) is 6.20. The molecular weight excluding hydrogens is 601 g/mol. The summed E-state index contributed by atoms with van der Waals surface area (Å²) < 4.78 is 42.7. The minimum Gasteiger partial charge on any atom is -0.352 e. The van der Waals surface area contributed by atoms with Gasteiger partial charge in [-0.2, -0.15) is 0 Å². The third-order valence-electron chi connectivity index (χ3n) is 7.26. The van der Waals surface area contributed by atoms with E-state index in [1.165, 1.54) is 41.3 Å². The summed E-state index contributed by atoms with van der Waals surface area (Å²) in [6.07, 6.45) is 0.859. The summed E-state index contributed by atoms with van der Waals surface area (Å²) in [5, 5.41) is 3.39. The predicted octanol–water partition coefficient (Wildman–Crippen LogP) is 6.23. The summed E-state index contributed by atoms with van der Waals surface area (Å²) in [6.45, 7) is 3.17. The quantitative estimate of drug-likeness (QED) is 0.189. The first kappa shape index (κ1) is 32.7. The van der Waals surface area contributed by atoms with Gasteiger partial charge in [-0.05, 0) is 73.0 Å². The predicted molar refractivity (Wildman–Crippen MR) is 171 cm³/mol. The van der Waals surface area contributed by atoms with Gasteiger partial charge in [-0.3, -0.25) is 13.9 Å². The van der Waals surface area contributed by atoms with E-state index in [1.54, 1.807) is 42.5 Å². The molecule has 0 bridgehead atoms. The van der Waals surface area contributed by atoms with E-state index in [4.69, 9.17) is 11.6 Å². The van der Waals surface area contributed by atoms with Crippen LogP contribution in [0.5, 0.6) is 0 Å². The van der Waals surface area contributed by atoms with Gasteiger partial charge in [0, 0.05) is 24.0 Å². The number of amides is 2. The number of sulfonamides is 1. The van der Waals surface area contributed by atoms with Gasteiger partial charge >= 0.3 is 0 Å². The van der Waals surface area contributed by atoms with E-state index in [1.807, 2.05) is 44.2 Å². The summed E-state index contributed by atoms with van der Waals surface area (Å²) in [5.74, 6) is -1.42. The lowest BCUT2D eigenvalue weighted by atomic mass is 10.0. The molecule has 0 heterocycles. The van der Waals surface area contributed by atoms with E-state index in [0.29, 0.717) is 17.0 Å². The summed E-state index contributed by atoms with van der Waals surface area (Å²) in [7, 11) is -4.21. The fourth-order valence-electron chi connectivity index (χ4n) is 4.64. The Kier molecular flexibility index (Phi) is 11.1. The molecule has 10 heteroatoms. The summed E-state index contributed by atoms with van der Waals surface area (Å²) in [5.41, 5.74) is 1.63. The van der Waals surface area contributed by atoms with Crippen molar-refractivity contribution in [3.8, 4) is 0 Å². The smallest absolute Gasteiger partial charge is 0.264 e. The molecule has 230 valence electrons. The van der Waals surface area contributed by atoms with Crippen LogP contribution in [0.1, 0.15) is 31.4 Å². The molecule has 2 amide bonds. The van der Waals surface area contributed by atoms with Crippen LogP contribution in [0.3, 0.4) is 0 Å². The highest BCUT2D eigenvalue weighted by Crippen LogP contribution is 2.26. The van der Waals surface area contributed by atoms with Gasteiger partial charge in [0.25, 0.3) is 10.0 Å². The number of hydrogen-bond acceptors (Lipinski definition) is 4. The number of benzene rings is 4. The van der Waals surface area contributed by atoms with Crippen LogP contribution < -0.4 is 9.62 Å². The third kappa shape index (κ3) is 8.45.